The lowest BCUT2D eigenvalue weighted by Crippen LogP contribution is -2.43. The van der Waals surface area contributed by atoms with Crippen LogP contribution in [0.2, 0.25) is 0 Å². The van der Waals surface area contributed by atoms with Crippen LogP contribution in [0.5, 0.6) is 0 Å². The van der Waals surface area contributed by atoms with E-state index in [1.54, 1.807) is 12.2 Å². The van der Waals surface area contributed by atoms with Crippen LogP contribution in [0.15, 0.2) is 49.6 Å². The van der Waals surface area contributed by atoms with Crippen molar-refractivity contribution in [2.24, 2.45) is 0 Å². The van der Waals surface area contributed by atoms with Crippen molar-refractivity contribution in [1.29, 1.82) is 0 Å². The van der Waals surface area contributed by atoms with Gasteiger partial charge in [0.25, 0.3) is 0 Å². The number of fused-ring (bicyclic) bond motifs is 1. The first-order chi connectivity index (χ1) is 11.3. The van der Waals surface area contributed by atoms with Crippen molar-refractivity contribution in [2.45, 2.75) is 38.0 Å². The van der Waals surface area contributed by atoms with E-state index in [1.807, 2.05) is 31.2 Å². The van der Waals surface area contributed by atoms with Crippen LogP contribution in [0.3, 0.4) is 0 Å². The Kier molecular flexibility index (Phi) is 5.59. The summed E-state index contributed by atoms with van der Waals surface area (Å²) in [6.07, 6.45) is 3.68. The third-order valence-electron chi connectivity index (χ3n) is 3.92. The Morgan fingerprint density at radius 1 is 1.08 bits per heavy atom. The minimum atomic E-state index is -3.50. The second-order valence-electron chi connectivity index (χ2n) is 6.80. The van der Waals surface area contributed by atoms with E-state index < -0.39 is 12.9 Å². The van der Waals surface area contributed by atoms with Crippen molar-refractivity contribution in [1.82, 2.24) is 0 Å². The van der Waals surface area contributed by atoms with Crippen molar-refractivity contribution in [3.63, 3.8) is 0 Å². The first-order valence-corrected chi connectivity index (χ1v) is 9.56. The van der Waals surface area contributed by atoms with Crippen LogP contribution in [0, 0.1) is 0 Å². The first kappa shape index (κ1) is 18.8. The quantitative estimate of drug-likeness (QED) is 0.535. The molecule has 1 unspecified atom stereocenters. The topological polar surface area (TPSA) is 59.6 Å². The highest BCUT2D eigenvalue weighted by Gasteiger charge is 2.51. The van der Waals surface area contributed by atoms with E-state index in [0.717, 1.165) is 11.4 Å². The summed E-state index contributed by atoms with van der Waals surface area (Å²) in [6, 6.07) is 7.85. The Labute approximate surface area is 144 Å². The Morgan fingerprint density at radius 3 is 2.08 bits per heavy atom. The third kappa shape index (κ3) is 3.92. The van der Waals surface area contributed by atoms with Crippen molar-refractivity contribution < 1.29 is 13.6 Å². The molecule has 0 bridgehead atoms. The molecule has 132 valence electrons. The van der Waals surface area contributed by atoms with Crippen LogP contribution in [-0.2, 0) is 13.6 Å². The maximum absolute atomic E-state index is 13.6. The van der Waals surface area contributed by atoms with E-state index in [2.05, 4.69) is 37.6 Å². The summed E-state index contributed by atoms with van der Waals surface area (Å²) >= 11 is 0. The molecule has 0 saturated carbocycles. The lowest BCUT2D eigenvalue weighted by Gasteiger charge is -2.39. The first-order valence-electron chi connectivity index (χ1n) is 8.02. The number of nitrogens with one attached hydrogen (secondary N) is 2. The summed E-state index contributed by atoms with van der Waals surface area (Å²) in [5.74, 6) is 0. The van der Waals surface area contributed by atoms with E-state index in [9.17, 15) is 4.57 Å². The van der Waals surface area contributed by atoms with Gasteiger partial charge in [0.2, 0.25) is 0 Å². The molecule has 0 fully saturated rings. The zero-order valence-corrected chi connectivity index (χ0v) is 15.6. The standard InChI is InChI=1S/C18H27N2O3P/c1-6-12-22-24(21,23-13-7-2)18(5)14-17(3,4)19-15-10-8-9-11-16(15)20-18/h6-11,19-20H,1-2,12-14H2,3-5H3. The number of para-hydroxylation sites is 2. The van der Waals surface area contributed by atoms with Gasteiger partial charge in [-0.05, 0) is 32.9 Å². The van der Waals surface area contributed by atoms with Gasteiger partial charge in [0.1, 0.15) is 5.28 Å². The molecule has 6 heteroatoms. The lowest BCUT2D eigenvalue weighted by atomic mass is 9.96. The van der Waals surface area contributed by atoms with Gasteiger partial charge in [-0.2, -0.15) is 0 Å². The third-order valence-corrected chi connectivity index (χ3v) is 6.38. The van der Waals surface area contributed by atoms with Gasteiger partial charge in [-0.1, -0.05) is 24.3 Å². The normalized spacial score (nSPS) is 22.5. The molecule has 1 atom stereocenters. The molecular formula is C18H27N2O3P. The van der Waals surface area contributed by atoms with E-state index in [1.165, 1.54) is 0 Å². The van der Waals surface area contributed by atoms with E-state index in [0.29, 0.717) is 6.42 Å². The van der Waals surface area contributed by atoms with Crippen LogP contribution in [0.1, 0.15) is 27.2 Å². The predicted molar refractivity (Wildman–Crippen MR) is 101 cm³/mol. The molecule has 5 nitrogen and oxygen atoms in total. The molecule has 1 aromatic carbocycles. The number of benzene rings is 1. The molecule has 1 aromatic rings. The largest absolute Gasteiger partial charge is 0.378 e. The summed E-state index contributed by atoms with van der Waals surface area (Å²) in [5.41, 5.74) is 1.53. The summed E-state index contributed by atoms with van der Waals surface area (Å²) in [4.78, 5) is 0. The molecule has 1 heterocycles. The number of rotatable bonds is 7. The maximum Gasteiger partial charge on any atom is 0.356 e. The molecule has 0 spiro atoms. The van der Waals surface area contributed by atoms with Gasteiger partial charge in [-0.3, -0.25) is 4.57 Å². The highest BCUT2D eigenvalue weighted by Crippen LogP contribution is 2.63. The molecule has 2 N–H and O–H groups in total. The molecule has 0 aliphatic carbocycles. The van der Waals surface area contributed by atoms with Crippen molar-refractivity contribution in [2.75, 3.05) is 23.8 Å². The van der Waals surface area contributed by atoms with Crippen LogP contribution in [0.4, 0.5) is 11.4 Å². The number of hydrogen-bond acceptors (Lipinski definition) is 5. The van der Waals surface area contributed by atoms with E-state index >= 15 is 0 Å². The molecule has 0 saturated heterocycles. The lowest BCUT2D eigenvalue weighted by molar-refractivity contribution is 0.210. The molecule has 1 aliphatic rings. The molecule has 0 amide bonds. The molecule has 24 heavy (non-hydrogen) atoms. The smallest absolute Gasteiger partial charge is 0.356 e. The Bertz CT molecular complexity index is 643. The van der Waals surface area contributed by atoms with Crippen LogP contribution < -0.4 is 10.6 Å². The summed E-state index contributed by atoms with van der Waals surface area (Å²) in [7, 11) is -3.50. The summed E-state index contributed by atoms with van der Waals surface area (Å²) < 4.78 is 25.0. The highest BCUT2D eigenvalue weighted by molar-refractivity contribution is 7.55. The minimum absolute atomic E-state index is 0.154. The van der Waals surface area contributed by atoms with E-state index in [-0.39, 0.29) is 18.8 Å². The Morgan fingerprint density at radius 2 is 1.58 bits per heavy atom. The van der Waals surface area contributed by atoms with E-state index in [4.69, 9.17) is 9.05 Å². The van der Waals surface area contributed by atoms with Crippen LogP contribution >= 0.6 is 7.60 Å². The van der Waals surface area contributed by atoms with Gasteiger partial charge in [0, 0.05) is 12.0 Å². The Balaban J connectivity index is 2.48. The average Bonchev–Trinajstić information content (AvgIpc) is 2.62. The molecule has 2 rings (SSSR count). The number of anilines is 2. The number of hydrogen-bond donors (Lipinski definition) is 2. The fourth-order valence-electron chi connectivity index (χ4n) is 3.09. The SMILES string of the molecule is C=CCOP(=O)(OCC=C)C1(C)CC(C)(C)Nc2ccccc2N1. The molecule has 0 radical (unpaired) electrons. The monoisotopic (exact) mass is 350 g/mol. The molecular weight excluding hydrogens is 323 g/mol. The highest BCUT2D eigenvalue weighted by atomic mass is 31.2. The minimum Gasteiger partial charge on any atom is -0.378 e. The fraction of sp³-hybridized carbons (Fsp3) is 0.444. The zero-order valence-electron chi connectivity index (χ0n) is 14.7. The van der Waals surface area contributed by atoms with Gasteiger partial charge in [-0.25, -0.2) is 0 Å². The van der Waals surface area contributed by atoms with Crippen molar-refractivity contribution >= 4 is 19.0 Å². The molecule has 1 aliphatic heterocycles. The van der Waals surface area contributed by atoms with Gasteiger partial charge in [0.05, 0.1) is 24.6 Å². The van der Waals surface area contributed by atoms with Gasteiger partial charge >= 0.3 is 7.60 Å². The maximum atomic E-state index is 13.6. The predicted octanol–water partition coefficient (Wildman–Crippen LogP) is 5.01. The second-order valence-corrected chi connectivity index (χ2v) is 9.29. The van der Waals surface area contributed by atoms with Gasteiger partial charge in [-0.15, -0.1) is 13.2 Å². The van der Waals surface area contributed by atoms with Gasteiger partial charge < -0.3 is 19.7 Å². The average molecular weight is 350 g/mol. The zero-order chi connectivity index (χ0) is 17.8. The van der Waals surface area contributed by atoms with Crippen molar-refractivity contribution in [3.8, 4) is 0 Å². The summed E-state index contributed by atoms with van der Waals surface area (Å²) in [6.45, 7) is 13.6. The fourth-order valence-corrected chi connectivity index (χ4v) is 5.19. The van der Waals surface area contributed by atoms with Crippen LogP contribution in [0.25, 0.3) is 0 Å². The molecule has 0 aromatic heterocycles. The van der Waals surface area contributed by atoms with Crippen LogP contribution in [-0.4, -0.2) is 24.0 Å². The van der Waals surface area contributed by atoms with Crippen molar-refractivity contribution in [3.05, 3.63) is 49.6 Å². The summed E-state index contributed by atoms with van der Waals surface area (Å²) in [5, 5.41) is 6.01. The second kappa shape index (κ2) is 7.14. The van der Waals surface area contributed by atoms with Gasteiger partial charge in [0.15, 0.2) is 0 Å². The Hall–Kier alpha value is -1.55.